The van der Waals surface area contributed by atoms with Crippen molar-refractivity contribution < 1.29 is 9.18 Å². The number of nitriles is 1. The average Bonchev–Trinajstić information content (AvgIpc) is 3.28. The van der Waals surface area contributed by atoms with Gasteiger partial charge in [0, 0.05) is 57.6 Å². The number of aromatic nitrogens is 4. The van der Waals surface area contributed by atoms with Gasteiger partial charge in [-0.25, -0.2) is 19.3 Å². The van der Waals surface area contributed by atoms with Crippen LogP contribution >= 0.6 is 0 Å². The standard InChI is InChI=1S/C24H28FN9O/c1-31-9-11-32(12-10-31)22-13-20(28-18-3-2-8-33(16-18)23(35)6-7-26)29-24(30-22)19-14-27-21-5-4-17(25)15-34(19)21/h4-5,13-15,18H,2-3,6,8-12,16H2,1H3,(H,28,29,30)/t18-/m1/s1. The first kappa shape index (κ1) is 23.0. The highest BCUT2D eigenvalue weighted by Crippen LogP contribution is 2.26. The van der Waals surface area contributed by atoms with Crippen molar-refractivity contribution in [1.82, 2.24) is 29.2 Å². The summed E-state index contributed by atoms with van der Waals surface area (Å²) in [5, 5.41) is 12.4. The molecule has 0 spiro atoms. The fourth-order valence-corrected chi connectivity index (χ4v) is 4.65. The lowest BCUT2D eigenvalue weighted by molar-refractivity contribution is -0.131. The lowest BCUT2D eigenvalue weighted by Crippen LogP contribution is -2.45. The van der Waals surface area contributed by atoms with Gasteiger partial charge >= 0.3 is 0 Å². The number of hydrogen-bond donors (Lipinski definition) is 1. The first-order valence-corrected chi connectivity index (χ1v) is 11.9. The highest BCUT2D eigenvalue weighted by molar-refractivity contribution is 5.78. The summed E-state index contributed by atoms with van der Waals surface area (Å²) in [7, 11) is 2.10. The predicted octanol–water partition coefficient (Wildman–Crippen LogP) is 2.00. The Morgan fingerprint density at radius 3 is 2.86 bits per heavy atom. The van der Waals surface area contributed by atoms with Crippen LogP contribution in [0, 0.1) is 17.1 Å². The minimum atomic E-state index is -0.366. The second kappa shape index (κ2) is 9.84. The van der Waals surface area contributed by atoms with Crippen molar-refractivity contribution in [3.8, 4) is 17.6 Å². The van der Waals surface area contributed by atoms with Gasteiger partial charge in [0.25, 0.3) is 0 Å². The highest BCUT2D eigenvalue weighted by Gasteiger charge is 2.25. The molecule has 3 aromatic rings. The number of imidazole rings is 1. The van der Waals surface area contributed by atoms with E-state index in [-0.39, 0.29) is 24.2 Å². The number of nitrogens with zero attached hydrogens (tertiary/aromatic N) is 8. The molecule has 3 aromatic heterocycles. The zero-order chi connectivity index (χ0) is 24.4. The van der Waals surface area contributed by atoms with E-state index in [4.69, 9.17) is 15.2 Å². The summed E-state index contributed by atoms with van der Waals surface area (Å²) in [5.41, 5.74) is 1.22. The number of fused-ring (bicyclic) bond motifs is 1. The maximum atomic E-state index is 14.0. The van der Waals surface area contributed by atoms with Crippen molar-refractivity contribution in [2.75, 3.05) is 56.5 Å². The lowest BCUT2D eigenvalue weighted by atomic mass is 10.1. The second-order valence-corrected chi connectivity index (χ2v) is 9.10. The zero-order valence-electron chi connectivity index (χ0n) is 19.7. The molecule has 0 radical (unpaired) electrons. The molecular weight excluding hydrogens is 449 g/mol. The molecule has 0 bridgehead atoms. The summed E-state index contributed by atoms with van der Waals surface area (Å²) >= 11 is 0. The molecule has 11 heteroatoms. The van der Waals surface area contributed by atoms with Gasteiger partial charge in [-0.05, 0) is 32.0 Å². The summed E-state index contributed by atoms with van der Waals surface area (Å²) in [6, 6.07) is 6.89. The normalized spacial score (nSPS) is 19.1. The van der Waals surface area contributed by atoms with E-state index in [0.717, 1.165) is 44.8 Å². The summed E-state index contributed by atoms with van der Waals surface area (Å²) in [6.07, 6.45) is 4.68. The van der Waals surface area contributed by atoms with Gasteiger partial charge in [-0.3, -0.25) is 9.20 Å². The molecule has 2 fully saturated rings. The minimum Gasteiger partial charge on any atom is -0.365 e. The third-order valence-corrected chi connectivity index (χ3v) is 6.59. The van der Waals surface area contributed by atoms with Gasteiger partial charge in [-0.15, -0.1) is 0 Å². The van der Waals surface area contributed by atoms with Gasteiger partial charge in [-0.1, -0.05) is 0 Å². The molecule has 1 N–H and O–H groups in total. The maximum Gasteiger partial charge on any atom is 0.236 e. The molecule has 0 unspecified atom stereocenters. The third kappa shape index (κ3) is 5.02. The van der Waals surface area contributed by atoms with Crippen molar-refractivity contribution in [1.29, 1.82) is 5.26 Å². The molecule has 2 aliphatic heterocycles. The molecule has 10 nitrogen and oxygen atoms in total. The Hall–Kier alpha value is -3.78. The van der Waals surface area contributed by atoms with Crippen LogP contribution in [0.2, 0.25) is 0 Å². The minimum absolute atomic E-state index is 0.00844. The monoisotopic (exact) mass is 477 g/mol. The van der Waals surface area contributed by atoms with Crippen LogP contribution in [-0.2, 0) is 4.79 Å². The van der Waals surface area contributed by atoms with E-state index in [1.54, 1.807) is 21.6 Å². The quantitative estimate of drug-likeness (QED) is 0.595. The Labute approximate surface area is 203 Å². The van der Waals surface area contributed by atoms with Crippen molar-refractivity contribution in [2.24, 2.45) is 0 Å². The number of hydrogen-bond acceptors (Lipinski definition) is 8. The Kier molecular flexibility index (Phi) is 6.46. The summed E-state index contributed by atoms with van der Waals surface area (Å²) < 4.78 is 15.7. The Balaban J connectivity index is 1.47. The molecule has 0 aromatic carbocycles. The molecule has 0 aliphatic carbocycles. The van der Waals surface area contributed by atoms with Gasteiger partial charge in [0.2, 0.25) is 5.91 Å². The Morgan fingerprint density at radius 1 is 1.23 bits per heavy atom. The fraction of sp³-hybridized carbons (Fsp3) is 0.458. The number of likely N-dealkylation sites (N-methyl/N-ethyl adjacent to an activating group) is 1. The average molecular weight is 478 g/mol. The molecule has 2 aliphatic rings. The van der Waals surface area contributed by atoms with Gasteiger partial charge < -0.3 is 20.0 Å². The molecule has 2 saturated heterocycles. The third-order valence-electron chi connectivity index (χ3n) is 6.59. The molecule has 5 heterocycles. The van der Waals surface area contributed by atoms with Crippen LogP contribution in [0.1, 0.15) is 19.3 Å². The van der Waals surface area contributed by atoms with Gasteiger partial charge in [0.1, 0.15) is 35.2 Å². The highest BCUT2D eigenvalue weighted by atomic mass is 19.1. The summed E-state index contributed by atoms with van der Waals surface area (Å²) in [4.78, 5) is 32.5. The van der Waals surface area contributed by atoms with E-state index >= 15 is 0 Å². The largest absolute Gasteiger partial charge is 0.365 e. The molecule has 0 saturated carbocycles. The van der Waals surface area contributed by atoms with Crippen LogP contribution in [0.15, 0.2) is 30.6 Å². The van der Waals surface area contributed by atoms with Crippen LogP contribution in [-0.4, -0.2) is 87.4 Å². The number of carbonyl (C=O) groups excluding carboxylic acids is 1. The molecule has 1 amide bonds. The van der Waals surface area contributed by atoms with Crippen molar-refractivity contribution in [3.63, 3.8) is 0 Å². The molecular formula is C24H28FN9O. The smallest absolute Gasteiger partial charge is 0.236 e. The number of piperidine rings is 1. The van der Waals surface area contributed by atoms with Gasteiger partial charge in [-0.2, -0.15) is 5.26 Å². The fourth-order valence-electron chi connectivity index (χ4n) is 4.65. The van der Waals surface area contributed by atoms with Gasteiger partial charge in [0.05, 0.1) is 12.3 Å². The number of anilines is 2. The Morgan fingerprint density at radius 2 is 2.06 bits per heavy atom. The number of amides is 1. The molecule has 182 valence electrons. The number of halogens is 1. The number of rotatable bonds is 5. The summed E-state index contributed by atoms with van der Waals surface area (Å²) in [6.45, 7) is 4.73. The van der Waals surface area contributed by atoms with Crippen LogP contribution in [0.5, 0.6) is 0 Å². The number of pyridine rings is 1. The second-order valence-electron chi connectivity index (χ2n) is 9.10. The zero-order valence-corrected chi connectivity index (χ0v) is 19.7. The van der Waals surface area contributed by atoms with Crippen molar-refractivity contribution >= 4 is 23.2 Å². The van der Waals surface area contributed by atoms with Crippen LogP contribution < -0.4 is 10.2 Å². The van der Waals surface area contributed by atoms with Crippen LogP contribution in [0.25, 0.3) is 17.2 Å². The number of piperazine rings is 1. The Bertz CT molecular complexity index is 1260. The van der Waals surface area contributed by atoms with E-state index in [1.165, 1.54) is 12.3 Å². The molecule has 5 rings (SSSR count). The van der Waals surface area contributed by atoms with E-state index in [0.29, 0.717) is 36.1 Å². The molecule has 35 heavy (non-hydrogen) atoms. The van der Waals surface area contributed by atoms with Crippen LogP contribution in [0.4, 0.5) is 16.0 Å². The van der Waals surface area contributed by atoms with E-state index in [2.05, 4.69) is 27.1 Å². The predicted molar refractivity (Wildman–Crippen MR) is 129 cm³/mol. The maximum absolute atomic E-state index is 14.0. The van der Waals surface area contributed by atoms with Gasteiger partial charge in [0.15, 0.2) is 5.82 Å². The van der Waals surface area contributed by atoms with E-state index < -0.39 is 0 Å². The van der Waals surface area contributed by atoms with Crippen molar-refractivity contribution in [3.05, 3.63) is 36.4 Å². The number of likely N-dealkylation sites (tertiary alicyclic amines) is 1. The molecule has 1 atom stereocenters. The first-order chi connectivity index (χ1) is 17.0. The van der Waals surface area contributed by atoms with E-state index in [9.17, 15) is 9.18 Å². The van der Waals surface area contributed by atoms with Crippen molar-refractivity contribution in [2.45, 2.75) is 25.3 Å². The first-order valence-electron chi connectivity index (χ1n) is 11.9. The lowest BCUT2D eigenvalue weighted by Gasteiger charge is -2.34. The van der Waals surface area contributed by atoms with Crippen LogP contribution in [0.3, 0.4) is 0 Å². The van der Waals surface area contributed by atoms with E-state index in [1.807, 2.05) is 12.1 Å². The SMILES string of the molecule is CN1CCN(c2cc(N[C@@H]3CCCN(C(=O)CC#N)C3)nc(-c3cnc4ccc(F)cn34)n2)CC1. The summed E-state index contributed by atoms with van der Waals surface area (Å²) in [5.74, 6) is 1.39. The number of carbonyl (C=O) groups is 1. The number of nitrogens with one attached hydrogen (secondary N) is 1. The topological polar surface area (TPSA) is 106 Å².